The lowest BCUT2D eigenvalue weighted by atomic mass is 10.0. The summed E-state index contributed by atoms with van der Waals surface area (Å²) in [5.41, 5.74) is 0. The van der Waals surface area contributed by atoms with Crippen LogP contribution in [0.25, 0.3) is 0 Å². The molecule has 2 fully saturated rings. The van der Waals surface area contributed by atoms with Crippen LogP contribution in [0.1, 0.15) is 25.7 Å². The maximum Gasteiger partial charge on any atom is 0.243 e. The van der Waals surface area contributed by atoms with Crippen molar-refractivity contribution in [1.29, 1.82) is 0 Å². The van der Waals surface area contributed by atoms with Crippen molar-refractivity contribution in [3.05, 3.63) is 28.2 Å². The predicted molar refractivity (Wildman–Crippen MR) is 77.3 cm³/mol. The molecule has 2 saturated heterocycles. The van der Waals surface area contributed by atoms with Crippen molar-refractivity contribution < 1.29 is 17.2 Å². The third-order valence-electron chi connectivity index (χ3n) is 4.06. The van der Waals surface area contributed by atoms with E-state index >= 15 is 0 Å². The van der Waals surface area contributed by atoms with E-state index in [1.54, 1.807) is 0 Å². The van der Waals surface area contributed by atoms with Crippen LogP contribution < -0.4 is 10.0 Å². The zero-order valence-electron chi connectivity index (χ0n) is 11.1. The van der Waals surface area contributed by atoms with Crippen LogP contribution in [-0.4, -0.2) is 26.5 Å². The third kappa shape index (κ3) is 3.13. The molecule has 0 aromatic heterocycles. The van der Waals surface area contributed by atoms with E-state index in [1.165, 1.54) is 0 Å². The Morgan fingerprint density at radius 1 is 1.14 bits per heavy atom. The molecule has 0 amide bonds. The van der Waals surface area contributed by atoms with E-state index in [1.807, 2.05) is 0 Å². The molecule has 0 spiro atoms. The largest absolute Gasteiger partial charge is 0.311 e. The van der Waals surface area contributed by atoms with Crippen LogP contribution in [-0.2, 0) is 10.0 Å². The highest BCUT2D eigenvalue weighted by Crippen LogP contribution is 2.29. The molecule has 8 heteroatoms. The van der Waals surface area contributed by atoms with Crippen LogP contribution in [0.2, 0.25) is 0 Å². The molecule has 2 heterocycles. The van der Waals surface area contributed by atoms with Gasteiger partial charge < -0.3 is 5.32 Å². The quantitative estimate of drug-likeness (QED) is 0.790. The van der Waals surface area contributed by atoms with Gasteiger partial charge in [0.2, 0.25) is 10.0 Å². The fourth-order valence-corrected chi connectivity index (χ4v) is 4.79. The topological polar surface area (TPSA) is 58.2 Å². The number of benzene rings is 1. The van der Waals surface area contributed by atoms with Gasteiger partial charge in [0.1, 0.15) is 16.5 Å². The summed E-state index contributed by atoms with van der Waals surface area (Å²) in [6.45, 7) is 0. The Hall–Kier alpha value is -0.570. The molecule has 1 aromatic carbocycles. The minimum Gasteiger partial charge on any atom is -0.311 e. The Labute approximate surface area is 130 Å². The van der Waals surface area contributed by atoms with Crippen LogP contribution in [0.5, 0.6) is 0 Å². The number of halogens is 3. The minimum absolute atomic E-state index is 0.0983. The van der Waals surface area contributed by atoms with Crippen LogP contribution in [0.15, 0.2) is 21.5 Å². The smallest absolute Gasteiger partial charge is 0.243 e. The first kappa shape index (κ1) is 15.3. The Balaban J connectivity index is 1.82. The molecular formula is C13H15BrF2N2O2S. The van der Waals surface area contributed by atoms with Gasteiger partial charge in [0.05, 0.1) is 4.47 Å². The molecule has 0 saturated carbocycles. The lowest BCUT2D eigenvalue weighted by molar-refractivity contribution is 0.345. The van der Waals surface area contributed by atoms with Crippen molar-refractivity contribution in [2.24, 2.45) is 0 Å². The molecule has 2 N–H and O–H groups in total. The monoisotopic (exact) mass is 380 g/mol. The highest BCUT2D eigenvalue weighted by atomic mass is 79.9. The van der Waals surface area contributed by atoms with Crippen LogP contribution >= 0.6 is 15.9 Å². The molecular weight excluding hydrogens is 366 g/mol. The average Bonchev–Trinajstić information content (AvgIpc) is 2.72. The van der Waals surface area contributed by atoms with Gasteiger partial charge in [0.25, 0.3) is 0 Å². The molecule has 2 unspecified atom stereocenters. The summed E-state index contributed by atoms with van der Waals surface area (Å²) in [4.78, 5) is -0.644. The molecule has 1 aromatic rings. The number of nitrogens with one attached hydrogen (secondary N) is 2. The fourth-order valence-electron chi connectivity index (χ4n) is 3.15. The van der Waals surface area contributed by atoms with Crippen LogP contribution in [0.3, 0.4) is 0 Å². The van der Waals surface area contributed by atoms with Gasteiger partial charge in [0, 0.05) is 18.1 Å². The first-order valence-electron chi connectivity index (χ1n) is 6.78. The Morgan fingerprint density at radius 3 is 2.38 bits per heavy atom. The number of hydrogen-bond donors (Lipinski definition) is 2. The molecule has 3 rings (SSSR count). The van der Waals surface area contributed by atoms with Gasteiger partial charge in [-0.05, 0) is 53.7 Å². The summed E-state index contributed by atoms with van der Waals surface area (Å²) in [6.07, 6.45) is 3.42. The Bertz CT molecular complexity index is 656. The SMILES string of the molecule is O=S(=O)(NC1CC2CCC(C1)N2)c1cc(F)c(Br)cc1F. The van der Waals surface area contributed by atoms with E-state index in [9.17, 15) is 17.2 Å². The highest BCUT2D eigenvalue weighted by Gasteiger charge is 2.36. The van der Waals surface area contributed by atoms with E-state index in [2.05, 4.69) is 26.0 Å². The number of rotatable bonds is 3. The fraction of sp³-hybridized carbons (Fsp3) is 0.538. The molecule has 2 bridgehead atoms. The van der Waals surface area contributed by atoms with E-state index in [-0.39, 0.29) is 10.5 Å². The van der Waals surface area contributed by atoms with Crippen LogP contribution in [0.4, 0.5) is 8.78 Å². The van der Waals surface area contributed by atoms with Crippen molar-refractivity contribution in [2.75, 3.05) is 0 Å². The average molecular weight is 381 g/mol. The summed E-state index contributed by atoms with van der Waals surface area (Å²) < 4.78 is 54.2. The second kappa shape index (κ2) is 5.57. The molecule has 2 aliphatic rings. The lowest BCUT2D eigenvalue weighted by Gasteiger charge is -2.29. The maximum atomic E-state index is 13.8. The summed E-state index contributed by atoms with van der Waals surface area (Å²) in [5, 5.41) is 3.40. The van der Waals surface area contributed by atoms with E-state index in [0.29, 0.717) is 31.0 Å². The van der Waals surface area contributed by atoms with Gasteiger partial charge in [-0.15, -0.1) is 0 Å². The number of sulfonamides is 1. The van der Waals surface area contributed by atoms with Gasteiger partial charge in [-0.25, -0.2) is 21.9 Å². The summed E-state index contributed by atoms with van der Waals surface area (Å²) in [6, 6.07) is 1.92. The second-order valence-corrected chi connectivity index (χ2v) is 8.16. The standard InChI is InChI=1S/C13H15BrF2N2O2S/c14-10-5-12(16)13(6-11(10)15)21(19,20)18-9-3-7-1-2-8(4-9)17-7/h5-9,17-18H,1-4H2. The maximum absolute atomic E-state index is 13.8. The second-order valence-electron chi connectivity index (χ2n) is 5.62. The third-order valence-corrected chi connectivity index (χ3v) is 6.20. The molecule has 4 nitrogen and oxygen atoms in total. The molecule has 0 aliphatic carbocycles. The highest BCUT2D eigenvalue weighted by molar-refractivity contribution is 9.10. The zero-order chi connectivity index (χ0) is 15.2. The van der Waals surface area contributed by atoms with Crippen molar-refractivity contribution in [1.82, 2.24) is 10.0 Å². The van der Waals surface area contributed by atoms with Gasteiger partial charge in [-0.3, -0.25) is 0 Å². The van der Waals surface area contributed by atoms with Crippen molar-refractivity contribution in [2.45, 2.75) is 48.7 Å². The summed E-state index contributed by atoms with van der Waals surface area (Å²) >= 11 is 2.83. The summed E-state index contributed by atoms with van der Waals surface area (Å²) in [7, 11) is -4.06. The first-order valence-corrected chi connectivity index (χ1v) is 9.05. The molecule has 21 heavy (non-hydrogen) atoms. The first-order chi connectivity index (χ1) is 9.85. The Morgan fingerprint density at radius 2 is 1.76 bits per heavy atom. The minimum atomic E-state index is -4.06. The number of piperidine rings is 1. The Kier molecular flexibility index (Phi) is 4.06. The van der Waals surface area contributed by atoms with Crippen molar-refractivity contribution in [3.8, 4) is 0 Å². The molecule has 2 aliphatic heterocycles. The van der Waals surface area contributed by atoms with Gasteiger partial charge in [-0.2, -0.15) is 0 Å². The van der Waals surface area contributed by atoms with Crippen molar-refractivity contribution >= 4 is 26.0 Å². The number of fused-ring (bicyclic) bond motifs is 2. The predicted octanol–water partition coefficient (Wildman–Crippen LogP) is 2.29. The zero-order valence-corrected chi connectivity index (χ0v) is 13.5. The molecule has 116 valence electrons. The summed E-state index contributed by atoms with van der Waals surface area (Å²) in [5.74, 6) is -1.77. The van der Waals surface area contributed by atoms with Gasteiger partial charge in [0.15, 0.2) is 0 Å². The van der Waals surface area contributed by atoms with E-state index < -0.39 is 26.6 Å². The normalized spacial score (nSPS) is 28.8. The molecule has 0 radical (unpaired) electrons. The van der Waals surface area contributed by atoms with Gasteiger partial charge >= 0.3 is 0 Å². The van der Waals surface area contributed by atoms with Crippen molar-refractivity contribution in [3.63, 3.8) is 0 Å². The number of hydrogen-bond acceptors (Lipinski definition) is 3. The van der Waals surface area contributed by atoms with E-state index in [0.717, 1.165) is 18.9 Å². The van der Waals surface area contributed by atoms with Gasteiger partial charge in [-0.1, -0.05) is 0 Å². The molecule has 2 atom stereocenters. The lowest BCUT2D eigenvalue weighted by Crippen LogP contribution is -2.48. The van der Waals surface area contributed by atoms with Crippen LogP contribution in [0, 0.1) is 11.6 Å². The van der Waals surface area contributed by atoms with E-state index in [4.69, 9.17) is 0 Å².